The van der Waals surface area contributed by atoms with E-state index in [1.165, 1.54) is 18.2 Å². The SMILES string of the molecule is CCOC1OC(=O)C[C@@H]1NC(=O)[C@H](CC1CCCC1)NC(=O)c1ccc(-c2cccc(F)c2)o1. The van der Waals surface area contributed by atoms with Gasteiger partial charge in [0.15, 0.2) is 5.76 Å². The molecule has 3 atom stereocenters. The van der Waals surface area contributed by atoms with Gasteiger partial charge < -0.3 is 24.5 Å². The molecule has 34 heavy (non-hydrogen) atoms. The molecule has 1 saturated carbocycles. The lowest BCUT2D eigenvalue weighted by molar-refractivity contribution is -0.164. The Labute approximate surface area is 197 Å². The highest BCUT2D eigenvalue weighted by Crippen LogP contribution is 2.29. The Balaban J connectivity index is 1.45. The topological polar surface area (TPSA) is 107 Å². The van der Waals surface area contributed by atoms with Gasteiger partial charge >= 0.3 is 5.97 Å². The Kier molecular flexibility index (Phi) is 7.62. The molecule has 1 aromatic carbocycles. The van der Waals surface area contributed by atoms with Crippen molar-refractivity contribution in [3.05, 3.63) is 48.0 Å². The fourth-order valence-electron chi connectivity index (χ4n) is 4.55. The van der Waals surface area contributed by atoms with Gasteiger partial charge in [0.25, 0.3) is 5.91 Å². The molecule has 4 rings (SSSR count). The number of carbonyl (C=O) groups is 3. The summed E-state index contributed by atoms with van der Waals surface area (Å²) in [6.45, 7) is 2.11. The summed E-state index contributed by atoms with van der Waals surface area (Å²) in [5.74, 6) is -1.10. The molecule has 2 fully saturated rings. The molecule has 1 aliphatic heterocycles. The zero-order valence-electron chi connectivity index (χ0n) is 19.1. The van der Waals surface area contributed by atoms with Gasteiger partial charge in [0.05, 0.1) is 6.42 Å². The smallest absolute Gasteiger partial charge is 0.310 e. The summed E-state index contributed by atoms with van der Waals surface area (Å²) >= 11 is 0. The number of ether oxygens (including phenoxy) is 2. The van der Waals surface area contributed by atoms with Crippen molar-refractivity contribution in [2.45, 2.75) is 63.8 Å². The van der Waals surface area contributed by atoms with Crippen molar-refractivity contribution in [2.75, 3.05) is 6.61 Å². The molecule has 2 aliphatic rings. The average molecular weight is 473 g/mol. The predicted molar refractivity (Wildman–Crippen MR) is 120 cm³/mol. The van der Waals surface area contributed by atoms with Crippen molar-refractivity contribution in [1.29, 1.82) is 0 Å². The molecule has 0 bridgehead atoms. The summed E-state index contributed by atoms with van der Waals surface area (Å²) in [5, 5.41) is 5.60. The van der Waals surface area contributed by atoms with Crippen LogP contribution in [0.25, 0.3) is 11.3 Å². The third-order valence-corrected chi connectivity index (χ3v) is 6.23. The molecular formula is C25H29FN2O6. The second-order valence-corrected chi connectivity index (χ2v) is 8.72. The first-order chi connectivity index (χ1) is 16.4. The summed E-state index contributed by atoms with van der Waals surface area (Å²) < 4.78 is 29.7. The number of hydrogen-bond donors (Lipinski definition) is 2. The minimum atomic E-state index is -0.844. The highest BCUT2D eigenvalue weighted by atomic mass is 19.1. The Morgan fingerprint density at radius 3 is 2.74 bits per heavy atom. The predicted octanol–water partition coefficient (Wildman–Crippen LogP) is 3.56. The van der Waals surface area contributed by atoms with Crippen LogP contribution in [0.15, 0.2) is 40.8 Å². The monoisotopic (exact) mass is 472 g/mol. The van der Waals surface area contributed by atoms with Crippen LogP contribution >= 0.6 is 0 Å². The number of benzene rings is 1. The first-order valence-corrected chi connectivity index (χ1v) is 11.7. The number of cyclic esters (lactones) is 1. The molecule has 0 radical (unpaired) electrons. The number of nitrogens with one attached hydrogen (secondary N) is 2. The van der Waals surface area contributed by atoms with Gasteiger partial charge in [-0.1, -0.05) is 37.8 Å². The van der Waals surface area contributed by atoms with Gasteiger partial charge in [-0.15, -0.1) is 0 Å². The number of hydrogen-bond acceptors (Lipinski definition) is 6. The molecule has 2 N–H and O–H groups in total. The normalized spacial score (nSPS) is 21.3. The van der Waals surface area contributed by atoms with E-state index >= 15 is 0 Å². The minimum absolute atomic E-state index is 0.00960. The van der Waals surface area contributed by atoms with Gasteiger partial charge in [0.2, 0.25) is 12.2 Å². The van der Waals surface area contributed by atoms with E-state index in [0.29, 0.717) is 30.3 Å². The van der Waals surface area contributed by atoms with Crippen LogP contribution in [0.2, 0.25) is 0 Å². The van der Waals surface area contributed by atoms with Crippen LogP contribution in [0, 0.1) is 11.7 Å². The molecule has 0 spiro atoms. The van der Waals surface area contributed by atoms with Crippen molar-refractivity contribution in [1.82, 2.24) is 10.6 Å². The van der Waals surface area contributed by atoms with E-state index < -0.39 is 42.0 Å². The minimum Gasteiger partial charge on any atom is -0.451 e. The molecule has 1 saturated heterocycles. The average Bonchev–Trinajstić information content (AvgIpc) is 3.56. The molecule has 9 heteroatoms. The molecule has 8 nitrogen and oxygen atoms in total. The van der Waals surface area contributed by atoms with E-state index in [1.54, 1.807) is 25.1 Å². The summed E-state index contributed by atoms with van der Waals surface area (Å²) in [4.78, 5) is 37.8. The molecule has 2 amide bonds. The van der Waals surface area contributed by atoms with Gasteiger partial charge in [-0.25, -0.2) is 4.39 Å². The summed E-state index contributed by atoms with van der Waals surface area (Å²) in [6, 6.07) is 7.53. The Hall–Kier alpha value is -3.20. The quantitative estimate of drug-likeness (QED) is 0.541. The lowest BCUT2D eigenvalue weighted by Gasteiger charge is -2.24. The van der Waals surface area contributed by atoms with Crippen molar-refractivity contribution < 1.29 is 32.7 Å². The Morgan fingerprint density at radius 1 is 1.21 bits per heavy atom. The number of carbonyl (C=O) groups excluding carboxylic acids is 3. The van der Waals surface area contributed by atoms with Crippen LogP contribution < -0.4 is 10.6 Å². The second-order valence-electron chi connectivity index (χ2n) is 8.72. The van der Waals surface area contributed by atoms with E-state index in [9.17, 15) is 18.8 Å². The van der Waals surface area contributed by atoms with Crippen molar-refractivity contribution >= 4 is 17.8 Å². The molecule has 2 aromatic rings. The van der Waals surface area contributed by atoms with Crippen LogP contribution in [0.1, 0.15) is 56.0 Å². The van der Waals surface area contributed by atoms with Gasteiger partial charge in [-0.2, -0.15) is 0 Å². The highest BCUT2D eigenvalue weighted by Gasteiger charge is 2.38. The first-order valence-electron chi connectivity index (χ1n) is 11.7. The molecule has 1 unspecified atom stereocenters. The fourth-order valence-corrected chi connectivity index (χ4v) is 4.55. The molecule has 1 aromatic heterocycles. The zero-order chi connectivity index (χ0) is 24.1. The Bertz CT molecular complexity index is 1030. The summed E-state index contributed by atoms with van der Waals surface area (Å²) in [6.07, 6.45) is 3.83. The zero-order valence-corrected chi connectivity index (χ0v) is 19.1. The van der Waals surface area contributed by atoms with E-state index in [-0.39, 0.29) is 12.2 Å². The molecule has 2 heterocycles. The van der Waals surface area contributed by atoms with Crippen LogP contribution in [0.5, 0.6) is 0 Å². The van der Waals surface area contributed by atoms with Crippen molar-refractivity contribution in [3.63, 3.8) is 0 Å². The second kappa shape index (κ2) is 10.8. The molecule has 182 valence electrons. The highest BCUT2D eigenvalue weighted by molar-refractivity contribution is 5.96. The maximum absolute atomic E-state index is 13.5. The van der Waals surface area contributed by atoms with Gasteiger partial charge in [-0.3, -0.25) is 14.4 Å². The van der Waals surface area contributed by atoms with Gasteiger partial charge in [0, 0.05) is 12.2 Å². The molecule has 1 aliphatic carbocycles. The van der Waals surface area contributed by atoms with E-state index in [0.717, 1.165) is 25.7 Å². The first kappa shape index (κ1) is 23.9. The number of halogens is 1. The fraction of sp³-hybridized carbons (Fsp3) is 0.480. The third-order valence-electron chi connectivity index (χ3n) is 6.23. The largest absolute Gasteiger partial charge is 0.451 e. The third kappa shape index (κ3) is 5.83. The lowest BCUT2D eigenvalue weighted by Crippen LogP contribution is -2.52. The standard InChI is InChI=1S/C25H29FN2O6/c1-2-32-25-19(14-22(29)34-25)28-23(30)18(12-15-6-3-4-7-15)27-24(31)21-11-10-20(33-21)16-8-5-9-17(26)13-16/h5,8-11,13,15,18-19,25H,2-4,6-7,12,14H2,1H3,(H,27,31)(H,28,30)/t18-,19-,25?/m0/s1. The van der Waals surface area contributed by atoms with Gasteiger partial charge in [0.1, 0.15) is 23.7 Å². The summed E-state index contributed by atoms with van der Waals surface area (Å²) in [5.41, 5.74) is 0.507. The van der Waals surface area contributed by atoms with Crippen LogP contribution in [0.4, 0.5) is 4.39 Å². The van der Waals surface area contributed by atoms with Crippen LogP contribution in [-0.2, 0) is 19.1 Å². The van der Waals surface area contributed by atoms with Crippen molar-refractivity contribution in [3.8, 4) is 11.3 Å². The van der Waals surface area contributed by atoms with E-state index in [1.807, 2.05) is 0 Å². The Morgan fingerprint density at radius 2 is 2.00 bits per heavy atom. The lowest BCUT2D eigenvalue weighted by atomic mass is 9.97. The van der Waals surface area contributed by atoms with Crippen molar-refractivity contribution in [2.24, 2.45) is 5.92 Å². The maximum atomic E-state index is 13.5. The maximum Gasteiger partial charge on any atom is 0.310 e. The number of esters is 1. The van der Waals surface area contributed by atoms with E-state index in [2.05, 4.69) is 10.6 Å². The van der Waals surface area contributed by atoms with Crippen LogP contribution in [-0.4, -0.2) is 42.8 Å². The number of rotatable bonds is 9. The molecular weight excluding hydrogens is 443 g/mol. The van der Waals surface area contributed by atoms with E-state index in [4.69, 9.17) is 13.9 Å². The number of furan rings is 1. The van der Waals surface area contributed by atoms with Gasteiger partial charge in [-0.05, 0) is 43.5 Å². The number of amides is 2. The summed E-state index contributed by atoms with van der Waals surface area (Å²) in [7, 11) is 0. The van der Waals surface area contributed by atoms with Crippen LogP contribution in [0.3, 0.4) is 0 Å².